The van der Waals surface area contributed by atoms with E-state index in [0.717, 1.165) is 5.56 Å². The van der Waals surface area contributed by atoms with Gasteiger partial charge in [0.1, 0.15) is 29.9 Å². The van der Waals surface area contributed by atoms with Gasteiger partial charge in [0.25, 0.3) is 0 Å². The largest absolute Gasteiger partial charge is 0.489 e. The highest BCUT2D eigenvalue weighted by atomic mass is 16.6. The first-order valence-electron chi connectivity index (χ1n) is 10.4. The molecular formula is C23H32N4O5. The molecule has 0 aliphatic carbocycles. The van der Waals surface area contributed by atoms with E-state index >= 15 is 0 Å². The minimum absolute atomic E-state index is 0.0102. The van der Waals surface area contributed by atoms with Crippen LogP contribution in [-0.2, 0) is 16.0 Å². The van der Waals surface area contributed by atoms with Gasteiger partial charge in [0.15, 0.2) is 0 Å². The third-order valence-corrected chi connectivity index (χ3v) is 4.30. The number of rotatable bonds is 9. The van der Waals surface area contributed by atoms with E-state index in [1.807, 2.05) is 24.3 Å². The van der Waals surface area contributed by atoms with Gasteiger partial charge in [0.2, 0.25) is 5.91 Å². The quantitative estimate of drug-likeness (QED) is 0.507. The highest BCUT2D eigenvalue weighted by Crippen LogP contribution is 2.17. The number of nitrogens with one attached hydrogen (secondary N) is 1. The molecule has 0 spiro atoms. The lowest BCUT2D eigenvalue weighted by molar-refractivity contribution is -0.116. The summed E-state index contributed by atoms with van der Waals surface area (Å²) in [6.07, 6.45) is 0.626. The van der Waals surface area contributed by atoms with Crippen LogP contribution in [0.3, 0.4) is 0 Å². The van der Waals surface area contributed by atoms with Crippen LogP contribution < -0.4 is 20.7 Å². The zero-order valence-electron chi connectivity index (χ0n) is 19.0. The fourth-order valence-electron chi connectivity index (χ4n) is 2.74. The number of nitrogens with two attached hydrogens (primary N) is 1. The van der Waals surface area contributed by atoms with E-state index < -0.39 is 17.8 Å². The number of hydrogen-bond acceptors (Lipinski definition) is 7. The van der Waals surface area contributed by atoms with Gasteiger partial charge in [-0.2, -0.15) is 0 Å². The number of carbonyl (C=O) groups excluding carboxylic acids is 2. The summed E-state index contributed by atoms with van der Waals surface area (Å²) in [4.78, 5) is 29.6. The average Bonchev–Trinajstić information content (AvgIpc) is 2.71. The number of nitrogen functional groups attached to an aromatic ring is 1. The van der Waals surface area contributed by atoms with Crippen molar-refractivity contribution in [3.05, 3.63) is 48.2 Å². The van der Waals surface area contributed by atoms with Crippen LogP contribution in [0.25, 0.3) is 0 Å². The Kier molecular flexibility index (Phi) is 8.83. The molecule has 1 aromatic carbocycles. The summed E-state index contributed by atoms with van der Waals surface area (Å²) in [5.74, 6) is 0.824. The Morgan fingerprint density at radius 1 is 1.19 bits per heavy atom. The highest BCUT2D eigenvalue weighted by molar-refractivity contribution is 5.90. The molecule has 0 saturated carbocycles. The first-order chi connectivity index (χ1) is 15.0. The van der Waals surface area contributed by atoms with E-state index in [1.165, 1.54) is 13.1 Å². The summed E-state index contributed by atoms with van der Waals surface area (Å²) in [5.41, 5.74) is 6.86. The Morgan fingerprint density at radius 2 is 1.88 bits per heavy atom. The van der Waals surface area contributed by atoms with Gasteiger partial charge in [-0.1, -0.05) is 12.1 Å². The summed E-state index contributed by atoms with van der Waals surface area (Å²) in [5, 5.41) is 12.5. The van der Waals surface area contributed by atoms with E-state index in [1.54, 1.807) is 37.8 Å². The van der Waals surface area contributed by atoms with Crippen molar-refractivity contribution in [2.24, 2.45) is 0 Å². The number of carbonyl (C=O) groups is 2. The summed E-state index contributed by atoms with van der Waals surface area (Å²) in [7, 11) is 0. The van der Waals surface area contributed by atoms with Gasteiger partial charge in [0, 0.05) is 19.2 Å². The Balaban J connectivity index is 1.84. The number of aromatic nitrogens is 1. The summed E-state index contributed by atoms with van der Waals surface area (Å²) in [6, 6.07) is 10.9. The smallest absolute Gasteiger partial charge is 0.407 e. The number of hydrogen-bond donors (Lipinski definition) is 3. The van der Waals surface area contributed by atoms with Crippen molar-refractivity contribution >= 4 is 23.5 Å². The normalized spacial score (nSPS) is 12.0. The molecule has 0 bridgehead atoms. The molecule has 1 heterocycles. The molecule has 2 rings (SSSR count). The van der Waals surface area contributed by atoms with Crippen LogP contribution in [0.5, 0.6) is 5.75 Å². The van der Waals surface area contributed by atoms with Crippen LogP contribution in [0, 0.1) is 0 Å². The van der Waals surface area contributed by atoms with Gasteiger partial charge < -0.3 is 25.6 Å². The molecule has 9 heteroatoms. The number of nitrogens with zero attached hydrogens (tertiary/aromatic N) is 2. The van der Waals surface area contributed by atoms with Crippen LogP contribution in [0.15, 0.2) is 42.6 Å². The maximum Gasteiger partial charge on any atom is 0.407 e. The molecular weight excluding hydrogens is 412 g/mol. The van der Waals surface area contributed by atoms with Gasteiger partial charge in [-0.3, -0.25) is 9.69 Å². The number of aliphatic hydroxyl groups is 1. The first-order valence-corrected chi connectivity index (χ1v) is 10.4. The Labute approximate surface area is 188 Å². The molecule has 174 valence electrons. The minimum Gasteiger partial charge on any atom is -0.489 e. The molecule has 0 fully saturated rings. The van der Waals surface area contributed by atoms with Crippen LogP contribution in [0.4, 0.5) is 16.3 Å². The molecule has 1 aromatic heterocycles. The van der Waals surface area contributed by atoms with Crippen molar-refractivity contribution in [3.63, 3.8) is 0 Å². The Morgan fingerprint density at radius 3 is 2.44 bits per heavy atom. The Hall–Kier alpha value is -3.33. The molecule has 2 amide bonds. The minimum atomic E-state index is -0.921. The zero-order chi connectivity index (χ0) is 23.7. The van der Waals surface area contributed by atoms with E-state index in [-0.39, 0.29) is 19.1 Å². The molecule has 0 saturated heterocycles. The fraction of sp³-hybridized carbons (Fsp3) is 0.435. The SMILES string of the molecule is CC(=O)N(CCc1ccc(N)cc1)c1ccc(OC[C@@H](O)CNC(=O)OC(C)(C)C)cn1. The van der Waals surface area contributed by atoms with Crippen molar-refractivity contribution in [3.8, 4) is 5.75 Å². The lowest BCUT2D eigenvalue weighted by Crippen LogP contribution is -2.38. The van der Waals surface area contributed by atoms with E-state index in [0.29, 0.717) is 30.2 Å². The predicted molar refractivity (Wildman–Crippen MR) is 123 cm³/mol. The summed E-state index contributed by atoms with van der Waals surface area (Å²) < 4.78 is 10.6. The fourth-order valence-corrected chi connectivity index (χ4v) is 2.74. The van der Waals surface area contributed by atoms with Gasteiger partial charge in [-0.25, -0.2) is 9.78 Å². The Bertz CT molecular complexity index is 879. The molecule has 4 N–H and O–H groups in total. The second kappa shape index (κ2) is 11.3. The average molecular weight is 445 g/mol. The lowest BCUT2D eigenvalue weighted by Gasteiger charge is -2.21. The van der Waals surface area contributed by atoms with Crippen molar-refractivity contribution in [2.45, 2.75) is 45.8 Å². The maximum absolute atomic E-state index is 12.1. The molecule has 0 unspecified atom stereocenters. The van der Waals surface area contributed by atoms with Crippen LogP contribution in [-0.4, -0.2) is 53.5 Å². The van der Waals surface area contributed by atoms with E-state index in [9.17, 15) is 14.7 Å². The van der Waals surface area contributed by atoms with Gasteiger partial charge in [0.05, 0.1) is 12.7 Å². The topological polar surface area (TPSA) is 127 Å². The third kappa shape index (κ3) is 8.81. The number of pyridine rings is 1. The van der Waals surface area contributed by atoms with Crippen molar-refractivity contribution in [1.82, 2.24) is 10.3 Å². The number of benzene rings is 1. The molecule has 32 heavy (non-hydrogen) atoms. The van der Waals surface area contributed by atoms with Crippen LogP contribution >= 0.6 is 0 Å². The standard InChI is InChI=1S/C23H32N4O5/c1-16(28)27(12-11-17-5-7-18(24)8-6-17)21-10-9-20(14-25-21)31-15-19(29)13-26-22(30)32-23(2,3)4/h5-10,14,19,29H,11-13,15,24H2,1-4H3,(H,26,30)/t19-/m0/s1. The zero-order valence-corrected chi connectivity index (χ0v) is 19.0. The van der Waals surface area contributed by atoms with Gasteiger partial charge in [-0.05, 0) is 57.0 Å². The van der Waals surface area contributed by atoms with Crippen molar-refractivity contribution in [2.75, 3.05) is 30.3 Å². The number of aliphatic hydroxyl groups excluding tert-OH is 1. The molecule has 1 atom stereocenters. The summed E-state index contributed by atoms with van der Waals surface area (Å²) in [6.45, 7) is 7.19. The number of amides is 2. The summed E-state index contributed by atoms with van der Waals surface area (Å²) >= 11 is 0. The number of ether oxygens (including phenoxy) is 2. The third-order valence-electron chi connectivity index (χ3n) is 4.30. The molecule has 0 aliphatic heterocycles. The monoisotopic (exact) mass is 444 g/mol. The lowest BCUT2D eigenvalue weighted by atomic mass is 10.1. The second-order valence-corrected chi connectivity index (χ2v) is 8.36. The van der Waals surface area contributed by atoms with E-state index in [4.69, 9.17) is 15.2 Å². The molecule has 2 aromatic rings. The van der Waals surface area contributed by atoms with Crippen LogP contribution in [0.1, 0.15) is 33.3 Å². The van der Waals surface area contributed by atoms with Crippen molar-refractivity contribution in [1.29, 1.82) is 0 Å². The molecule has 9 nitrogen and oxygen atoms in total. The molecule has 0 radical (unpaired) electrons. The number of alkyl carbamates (subject to hydrolysis) is 1. The first kappa shape index (κ1) is 24.9. The van der Waals surface area contributed by atoms with Gasteiger partial charge in [-0.15, -0.1) is 0 Å². The van der Waals surface area contributed by atoms with Gasteiger partial charge >= 0.3 is 6.09 Å². The second-order valence-electron chi connectivity index (χ2n) is 8.36. The van der Waals surface area contributed by atoms with Crippen molar-refractivity contribution < 1.29 is 24.2 Å². The highest BCUT2D eigenvalue weighted by Gasteiger charge is 2.17. The maximum atomic E-state index is 12.1. The molecule has 0 aliphatic rings. The number of anilines is 2. The predicted octanol–water partition coefficient (Wildman–Crippen LogP) is 2.52. The van der Waals surface area contributed by atoms with Crippen LogP contribution in [0.2, 0.25) is 0 Å². The van der Waals surface area contributed by atoms with E-state index in [2.05, 4.69) is 10.3 Å².